The van der Waals surface area contributed by atoms with Gasteiger partial charge in [-0.2, -0.15) is 0 Å². The fraction of sp³-hybridized carbons (Fsp3) is 0.788. The second-order valence-corrected chi connectivity index (χ2v) is 15.3. The lowest BCUT2D eigenvalue weighted by atomic mass is 9.49. The Kier molecular flexibility index (Phi) is 5.54. The van der Waals surface area contributed by atoms with E-state index < -0.39 is 0 Å². The molecule has 0 aromatic carbocycles. The highest BCUT2D eigenvalue weighted by atomic mass is 16.2. The van der Waals surface area contributed by atoms with Gasteiger partial charge in [-0.3, -0.25) is 9.59 Å². The minimum Gasteiger partial charge on any atom is -0.310 e. The van der Waals surface area contributed by atoms with Gasteiger partial charge in [0.1, 0.15) is 11.6 Å². The standard InChI is InChI=1S/C33H45N3O2/c37-30(32-14-20-6-21(15-32)8-22(7-20)16-32)35-28-12-27(26-4-2-1-3-5-26)13-29(34-28)36-31(38)33-17-23-9-24(18-33)11-25(10-23)19-33/h12-13,20-26H,1-11,14-19H2,(H2,34,35,36,37,38). The van der Waals surface area contributed by atoms with Crippen LogP contribution >= 0.6 is 0 Å². The van der Waals surface area contributed by atoms with E-state index in [0.29, 0.717) is 17.6 Å². The number of carbonyl (C=O) groups is 2. The van der Waals surface area contributed by atoms with Crippen molar-refractivity contribution in [1.82, 2.24) is 4.98 Å². The molecular formula is C33H45N3O2. The van der Waals surface area contributed by atoms with E-state index in [1.165, 1.54) is 76.2 Å². The third kappa shape index (κ3) is 4.04. The zero-order valence-corrected chi connectivity index (χ0v) is 23.0. The Morgan fingerprint density at radius 3 is 1.34 bits per heavy atom. The maximum Gasteiger partial charge on any atom is 0.231 e. The smallest absolute Gasteiger partial charge is 0.231 e. The van der Waals surface area contributed by atoms with Gasteiger partial charge in [-0.25, -0.2) is 4.98 Å². The number of anilines is 2. The van der Waals surface area contributed by atoms with Gasteiger partial charge in [-0.1, -0.05) is 19.3 Å². The summed E-state index contributed by atoms with van der Waals surface area (Å²) in [6.07, 6.45) is 20.6. The number of pyridine rings is 1. The predicted molar refractivity (Wildman–Crippen MR) is 149 cm³/mol. The lowest BCUT2D eigenvalue weighted by molar-refractivity contribution is -0.140. The molecule has 38 heavy (non-hydrogen) atoms. The van der Waals surface area contributed by atoms with Crippen molar-refractivity contribution < 1.29 is 9.59 Å². The molecule has 2 amide bonds. The van der Waals surface area contributed by atoms with Gasteiger partial charge < -0.3 is 10.6 Å². The van der Waals surface area contributed by atoms with E-state index in [4.69, 9.17) is 4.98 Å². The van der Waals surface area contributed by atoms with Crippen LogP contribution in [0.25, 0.3) is 0 Å². The first-order valence-electron chi connectivity index (χ1n) is 16.1. The van der Waals surface area contributed by atoms with Crippen molar-refractivity contribution >= 4 is 23.5 Å². The third-order valence-electron chi connectivity index (χ3n) is 12.4. The van der Waals surface area contributed by atoms with Gasteiger partial charge >= 0.3 is 0 Å². The van der Waals surface area contributed by atoms with E-state index in [1.54, 1.807) is 0 Å². The van der Waals surface area contributed by atoms with Crippen LogP contribution in [0.15, 0.2) is 12.1 Å². The summed E-state index contributed by atoms with van der Waals surface area (Å²) in [6.45, 7) is 0. The molecule has 9 aliphatic carbocycles. The van der Waals surface area contributed by atoms with Crippen LogP contribution < -0.4 is 10.6 Å². The number of aromatic nitrogens is 1. The molecule has 0 radical (unpaired) electrons. The number of amides is 2. The molecule has 10 rings (SSSR count). The molecule has 0 spiro atoms. The van der Waals surface area contributed by atoms with E-state index in [0.717, 1.165) is 74.0 Å². The highest BCUT2D eigenvalue weighted by Crippen LogP contribution is 2.61. The van der Waals surface area contributed by atoms with E-state index in [2.05, 4.69) is 22.8 Å². The average molecular weight is 516 g/mol. The summed E-state index contributed by atoms with van der Waals surface area (Å²) >= 11 is 0. The Balaban J connectivity index is 1.06. The normalized spacial score (nSPS) is 42.8. The second-order valence-electron chi connectivity index (χ2n) is 15.3. The number of carbonyl (C=O) groups excluding carboxylic acids is 2. The Labute approximate surface area is 227 Å². The van der Waals surface area contributed by atoms with Crippen molar-refractivity contribution in [1.29, 1.82) is 0 Å². The van der Waals surface area contributed by atoms with Crippen LogP contribution in [0.3, 0.4) is 0 Å². The minimum absolute atomic E-state index is 0.195. The van der Waals surface area contributed by atoms with E-state index in [-0.39, 0.29) is 22.6 Å². The number of hydrogen-bond donors (Lipinski definition) is 2. The van der Waals surface area contributed by atoms with Crippen LogP contribution in [0.5, 0.6) is 0 Å². The molecule has 5 nitrogen and oxygen atoms in total. The average Bonchev–Trinajstić information content (AvgIpc) is 2.87. The van der Waals surface area contributed by atoms with Crippen molar-refractivity contribution in [2.24, 2.45) is 46.3 Å². The van der Waals surface area contributed by atoms with Crippen molar-refractivity contribution in [3.63, 3.8) is 0 Å². The summed E-state index contributed by atoms with van der Waals surface area (Å²) in [5.74, 6) is 6.65. The molecule has 9 fully saturated rings. The molecule has 1 heterocycles. The molecule has 0 unspecified atom stereocenters. The minimum atomic E-state index is -0.195. The fourth-order valence-corrected chi connectivity index (χ4v) is 11.6. The summed E-state index contributed by atoms with van der Waals surface area (Å²) < 4.78 is 0. The molecule has 9 saturated carbocycles. The Morgan fingerprint density at radius 1 is 0.605 bits per heavy atom. The Bertz CT molecular complexity index is 988. The zero-order chi connectivity index (χ0) is 25.5. The SMILES string of the molecule is O=C(Nc1cc(C2CCCCC2)cc(NC(=O)C23CC4CC(CC(C4)C2)C3)n1)C12CC3CC(CC(C3)C1)C2. The zero-order valence-electron chi connectivity index (χ0n) is 23.0. The predicted octanol–water partition coefficient (Wildman–Crippen LogP) is 7.44. The van der Waals surface area contributed by atoms with Gasteiger partial charge in [0.25, 0.3) is 0 Å². The van der Waals surface area contributed by atoms with E-state index in [9.17, 15) is 9.59 Å². The van der Waals surface area contributed by atoms with E-state index >= 15 is 0 Å². The third-order valence-corrected chi connectivity index (χ3v) is 12.4. The first kappa shape index (κ1) is 23.9. The van der Waals surface area contributed by atoms with Gasteiger partial charge in [0.15, 0.2) is 0 Å². The highest BCUT2D eigenvalue weighted by molar-refractivity contribution is 5.97. The monoisotopic (exact) mass is 515 g/mol. The maximum absolute atomic E-state index is 13.9. The first-order chi connectivity index (χ1) is 18.4. The number of rotatable bonds is 5. The molecule has 1 aromatic heterocycles. The molecular weight excluding hydrogens is 470 g/mol. The number of hydrogen-bond acceptors (Lipinski definition) is 3. The lowest BCUT2D eigenvalue weighted by Crippen LogP contribution is -2.52. The lowest BCUT2D eigenvalue weighted by Gasteiger charge is -2.55. The van der Waals surface area contributed by atoms with Crippen molar-refractivity contribution in [3.8, 4) is 0 Å². The quantitative estimate of drug-likeness (QED) is 0.428. The molecule has 9 aliphatic rings. The van der Waals surface area contributed by atoms with Gasteiger partial charge in [0.2, 0.25) is 11.8 Å². The molecule has 2 N–H and O–H groups in total. The van der Waals surface area contributed by atoms with E-state index in [1.807, 2.05) is 0 Å². The number of nitrogens with zero attached hydrogens (tertiary/aromatic N) is 1. The second kappa shape index (κ2) is 8.80. The van der Waals surface area contributed by atoms with Crippen LogP contribution in [0, 0.1) is 46.3 Å². The summed E-state index contributed by atoms with van der Waals surface area (Å²) in [5, 5.41) is 6.65. The Hall–Kier alpha value is -1.91. The van der Waals surface area contributed by atoms with Gasteiger partial charge in [0, 0.05) is 0 Å². The van der Waals surface area contributed by atoms with Crippen molar-refractivity contribution in [2.45, 2.75) is 115 Å². The van der Waals surface area contributed by atoms with Crippen LogP contribution in [-0.2, 0) is 9.59 Å². The molecule has 0 saturated heterocycles. The molecule has 1 aromatic rings. The summed E-state index contributed by atoms with van der Waals surface area (Å²) in [4.78, 5) is 32.7. The number of nitrogens with one attached hydrogen (secondary N) is 2. The summed E-state index contributed by atoms with van der Waals surface area (Å²) in [5.41, 5.74) is 0.862. The summed E-state index contributed by atoms with van der Waals surface area (Å²) in [7, 11) is 0. The van der Waals surface area contributed by atoms with Crippen LogP contribution in [0.1, 0.15) is 121 Å². The molecule has 5 heteroatoms. The van der Waals surface area contributed by atoms with Crippen LogP contribution in [0.4, 0.5) is 11.6 Å². The van der Waals surface area contributed by atoms with Gasteiger partial charge in [-0.05, 0) is 149 Å². The van der Waals surface area contributed by atoms with Crippen LogP contribution in [-0.4, -0.2) is 16.8 Å². The molecule has 0 aliphatic heterocycles. The maximum atomic E-state index is 13.9. The largest absolute Gasteiger partial charge is 0.310 e. The molecule has 8 bridgehead atoms. The van der Waals surface area contributed by atoms with Gasteiger partial charge in [0.05, 0.1) is 10.8 Å². The molecule has 0 atom stereocenters. The highest BCUT2D eigenvalue weighted by Gasteiger charge is 2.56. The topological polar surface area (TPSA) is 71.1 Å². The first-order valence-corrected chi connectivity index (χ1v) is 16.1. The van der Waals surface area contributed by atoms with Crippen LogP contribution in [0.2, 0.25) is 0 Å². The van der Waals surface area contributed by atoms with Gasteiger partial charge in [-0.15, -0.1) is 0 Å². The molecule has 204 valence electrons. The van der Waals surface area contributed by atoms with Crippen molar-refractivity contribution in [2.75, 3.05) is 10.6 Å². The van der Waals surface area contributed by atoms with Crippen molar-refractivity contribution in [3.05, 3.63) is 17.7 Å². The Morgan fingerprint density at radius 2 is 0.974 bits per heavy atom. The summed E-state index contributed by atoms with van der Waals surface area (Å²) in [6, 6.07) is 4.27. The fourth-order valence-electron chi connectivity index (χ4n) is 11.6.